The van der Waals surface area contributed by atoms with E-state index >= 15 is 0 Å². The van der Waals surface area contributed by atoms with Crippen molar-refractivity contribution >= 4 is 27.3 Å². The normalized spacial score (nSPS) is 14.4. The second kappa shape index (κ2) is 8.81. The highest BCUT2D eigenvalue weighted by molar-refractivity contribution is 7.92. The van der Waals surface area contributed by atoms with E-state index in [1.807, 2.05) is 30.0 Å². The number of aryl methyl sites for hydroxylation is 1. The van der Waals surface area contributed by atoms with Crippen LogP contribution >= 0.6 is 0 Å². The van der Waals surface area contributed by atoms with Crippen LogP contribution in [-0.2, 0) is 10.0 Å². The lowest BCUT2D eigenvalue weighted by atomic mass is 10.1. The number of piperazine rings is 1. The van der Waals surface area contributed by atoms with Gasteiger partial charge < -0.3 is 9.80 Å². The van der Waals surface area contributed by atoms with E-state index in [0.29, 0.717) is 24.3 Å². The van der Waals surface area contributed by atoms with Gasteiger partial charge in [0.05, 0.1) is 4.90 Å². The Balaban J connectivity index is 1.43. The minimum atomic E-state index is -3.72. The molecular weight excluding hydrogens is 410 g/mol. The molecule has 0 atom stereocenters. The number of sulfonamides is 1. The van der Waals surface area contributed by atoms with Crippen LogP contribution in [0.1, 0.15) is 15.9 Å². The van der Waals surface area contributed by atoms with Gasteiger partial charge in [-0.2, -0.15) is 0 Å². The predicted molar refractivity (Wildman–Crippen MR) is 123 cm³/mol. The van der Waals surface area contributed by atoms with Crippen LogP contribution < -0.4 is 9.62 Å². The summed E-state index contributed by atoms with van der Waals surface area (Å²) in [6.07, 6.45) is 0. The fourth-order valence-electron chi connectivity index (χ4n) is 3.64. The van der Waals surface area contributed by atoms with Crippen molar-refractivity contribution in [3.05, 3.63) is 90.0 Å². The SMILES string of the molecule is Cc1ccc(S(=O)(=O)Nc2cccc(C(=O)N3CCN(c4ccccc4)CC3)c2)cc1. The molecule has 6 nitrogen and oxygen atoms in total. The summed E-state index contributed by atoms with van der Waals surface area (Å²) in [5.41, 5.74) is 2.98. The number of rotatable bonds is 5. The van der Waals surface area contributed by atoms with Crippen molar-refractivity contribution < 1.29 is 13.2 Å². The number of hydrogen-bond donors (Lipinski definition) is 1. The van der Waals surface area contributed by atoms with E-state index in [1.165, 1.54) is 0 Å². The number of carbonyl (C=O) groups is 1. The zero-order valence-electron chi connectivity index (χ0n) is 17.4. The van der Waals surface area contributed by atoms with Crippen molar-refractivity contribution in [3.8, 4) is 0 Å². The van der Waals surface area contributed by atoms with E-state index < -0.39 is 10.0 Å². The maximum atomic E-state index is 13.0. The van der Waals surface area contributed by atoms with Crippen LogP contribution in [0.5, 0.6) is 0 Å². The smallest absolute Gasteiger partial charge is 0.261 e. The van der Waals surface area contributed by atoms with Crippen LogP contribution in [0.25, 0.3) is 0 Å². The zero-order chi connectivity index (χ0) is 21.8. The quantitative estimate of drug-likeness (QED) is 0.663. The van der Waals surface area contributed by atoms with Crippen LogP contribution in [0.15, 0.2) is 83.8 Å². The van der Waals surface area contributed by atoms with E-state index in [-0.39, 0.29) is 10.8 Å². The van der Waals surface area contributed by atoms with Crippen LogP contribution in [-0.4, -0.2) is 45.4 Å². The first-order valence-electron chi connectivity index (χ1n) is 10.2. The molecule has 1 aliphatic rings. The Morgan fingerprint density at radius 3 is 2.19 bits per heavy atom. The molecule has 1 amide bonds. The summed E-state index contributed by atoms with van der Waals surface area (Å²) in [5, 5.41) is 0. The van der Waals surface area contributed by atoms with Gasteiger partial charge in [0.2, 0.25) is 0 Å². The summed E-state index contributed by atoms with van der Waals surface area (Å²) in [5.74, 6) is -0.0934. The molecule has 7 heteroatoms. The molecule has 1 aliphatic heterocycles. The van der Waals surface area contributed by atoms with Gasteiger partial charge in [-0.25, -0.2) is 8.42 Å². The molecule has 1 saturated heterocycles. The number of nitrogens with one attached hydrogen (secondary N) is 1. The van der Waals surface area contributed by atoms with Gasteiger partial charge in [0, 0.05) is 43.1 Å². The molecule has 0 saturated carbocycles. The lowest BCUT2D eigenvalue weighted by Crippen LogP contribution is -2.48. The van der Waals surface area contributed by atoms with Crippen molar-refractivity contribution in [2.24, 2.45) is 0 Å². The van der Waals surface area contributed by atoms with Crippen molar-refractivity contribution in [1.82, 2.24) is 4.90 Å². The topological polar surface area (TPSA) is 69.7 Å². The molecule has 1 fully saturated rings. The van der Waals surface area contributed by atoms with Crippen molar-refractivity contribution in [1.29, 1.82) is 0 Å². The fourth-order valence-corrected chi connectivity index (χ4v) is 4.69. The van der Waals surface area contributed by atoms with Gasteiger partial charge in [-0.1, -0.05) is 42.0 Å². The minimum Gasteiger partial charge on any atom is -0.368 e. The first-order valence-corrected chi connectivity index (χ1v) is 11.7. The highest BCUT2D eigenvalue weighted by atomic mass is 32.2. The Bertz CT molecular complexity index is 1150. The second-order valence-corrected chi connectivity index (χ2v) is 9.30. The monoisotopic (exact) mass is 435 g/mol. The van der Waals surface area contributed by atoms with Gasteiger partial charge in [0.15, 0.2) is 0 Å². The minimum absolute atomic E-state index is 0.0934. The Labute approximate surface area is 183 Å². The molecule has 160 valence electrons. The molecule has 0 aromatic heterocycles. The molecule has 3 aromatic carbocycles. The highest BCUT2D eigenvalue weighted by Gasteiger charge is 2.23. The summed E-state index contributed by atoms with van der Waals surface area (Å²) >= 11 is 0. The Hall–Kier alpha value is -3.32. The van der Waals surface area contributed by atoms with E-state index in [4.69, 9.17) is 0 Å². The molecule has 0 unspecified atom stereocenters. The molecule has 0 spiro atoms. The number of carbonyl (C=O) groups excluding carboxylic acids is 1. The Morgan fingerprint density at radius 2 is 1.52 bits per heavy atom. The number of para-hydroxylation sites is 1. The largest absolute Gasteiger partial charge is 0.368 e. The standard InChI is InChI=1S/C24H25N3O3S/c1-19-10-12-23(13-11-19)31(29,30)25-21-7-5-6-20(18-21)24(28)27-16-14-26(15-17-27)22-8-3-2-4-9-22/h2-13,18,25H,14-17H2,1H3. The number of hydrogen-bond acceptors (Lipinski definition) is 4. The van der Waals surface area contributed by atoms with Gasteiger partial charge in [0.1, 0.15) is 0 Å². The van der Waals surface area contributed by atoms with Gasteiger partial charge >= 0.3 is 0 Å². The molecule has 0 radical (unpaired) electrons. The number of anilines is 2. The third-order valence-corrected chi connectivity index (χ3v) is 6.78. The summed E-state index contributed by atoms with van der Waals surface area (Å²) < 4.78 is 27.9. The molecule has 1 heterocycles. The second-order valence-electron chi connectivity index (χ2n) is 7.61. The Morgan fingerprint density at radius 1 is 0.839 bits per heavy atom. The van der Waals surface area contributed by atoms with Crippen LogP contribution in [0.3, 0.4) is 0 Å². The predicted octanol–water partition coefficient (Wildman–Crippen LogP) is 3.76. The van der Waals surface area contributed by atoms with Gasteiger partial charge in [-0.15, -0.1) is 0 Å². The third-order valence-electron chi connectivity index (χ3n) is 5.38. The maximum Gasteiger partial charge on any atom is 0.261 e. The van der Waals surface area contributed by atoms with E-state index in [0.717, 1.165) is 24.3 Å². The van der Waals surface area contributed by atoms with Gasteiger partial charge in [-0.05, 0) is 49.4 Å². The van der Waals surface area contributed by atoms with Crippen molar-refractivity contribution in [2.45, 2.75) is 11.8 Å². The molecule has 0 bridgehead atoms. The summed E-state index contributed by atoms with van der Waals surface area (Å²) in [6, 6.07) is 23.5. The molecule has 0 aliphatic carbocycles. The number of amides is 1. The molecular formula is C24H25N3O3S. The van der Waals surface area contributed by atoms with E-state index in [1.54, 1.807) is 48.5 Å². The van der Waals surface area contributed by atoms with Gasteiger partial charge in [0.25, 0.3) is 15.9 Å². The lowest BCUT2D eigenvalue weighted by molar-refractivity contribution is 0.0747. The van der Waals surface area contributed by atoms with E-state index in [9.17, 15) is 13.2 Å². The van der Waals surface area contributed by atoms with Crippen LogP contribution in [0.2, 0.25) is 0 Å². The fraction of sp³-hybridized carbons (Fsp3) is 0.208. The average molecular weight is 436 g/mol. The summed E-state index contributed by atoms with van der Waals surface area (Å²) in [7, 11) is -3.72. The van der Waals surface area contributed by atoms with Crippen LogP contribution in [0, 0.1) is 6.92 Å². The molecule has 31 heavy (non-hydrogen) atoms. The average Bonchev–Trinajstić information content (AvgIpc) is 2.79. The lowest BCUT2D eigenvalue weighted by Gasteiger charge is -2.36. The van der Waals surface area contributed by atoms with Crippen molar-refractivity contribution in [2.75, 3.05) is 35.8 Å². The summed E-state index contributed by atoms with van der Waals surface area (Å²) in [6.45, 7) is 4.66. The zero-order valence-corrected chi connectivity index (χ0v) is 18.2. The number of benzene rings is 3. The van der Waals surface area contributed by atoms with Crippen LogP contribution in [0.4, 0.5) is 11.4 Å². The summed E-state index contributed by atoms with van der Waals surface area (Å²) in [4.78, 5) is 17.3. The van der Waals surface area contributed by atoms with Gasteiger partial charge in [-0.3, -0.25) is 9.52 Å². The number of nitrogens with zero attached hydrogens (tertiary/aromatic N) is 2. The first-order chi connectivity index (χ1) is 14.9. The molecule has 3 aromatic rings. The Kier molecular flexibility index (Phi) is 5.95. The molecule has 1 N–H and O–H groups in total. The first kappa shape index (κ1) is 20.9. The molecule has 4 rings (SSSR count). The maximum absolute atomic E-state index is 13.0. The highest BCUT2D eigenvalue weighted by Crippen LogP contribution is 2.20. The third kappa shape index (κ3) is 4.88. The van der Waals surface area contributed by atoms with Crippen molar-refractivity contribution in [3.63, 3.8) is 0 Å². The van der Waals surface area contributed by atoms with E-state index in [2.05, 4.69) is 21.8 Å².